The standard InChI is InChI=1S/C10H16S/c1-9(2)7-4-5-10(9,3)8(11)6-7/h7H,4-6H2,1-3H3/t7-,10-/m0/s1. The summed E-state index contributed by atoms with van der Waals surface area (Å²) in [5.41, 5.74) is 0.886. The number of rotatable bonds is 0. The molecule has 0 heterocycles. The van der Waals surface area contributed by atoms with Gasteiger partial charge in [-0.05, 0) is 35.5 Å². The molecule has 2 atom stereocenters. The number of hydrogen-bond acceptors (Lipinski definition) is 1. The SMILES string of the molecule is CC1(C)[C@H]2CC[C@@]1(C)C(=S)C2. The highest BCUT2D eigenvalue weighted by molar-refractivity contribution is 7.80. The molecule has 2 fully saturated rings. The van der Waals surface area contributed by atoms with E-state index >= 15 is 0 Å². The Balaban J connectivity index is 2.47. The molecule has 0 nitrogen and oxygen atoms in total. The average Bonchev–Trinajstić information content (AvgIpc) is 2.20. The lowest BCUT2D eigenvalue weighted by atomic mass is 9.71. The average molecular weight is 168 g/mol. The predicted octanol–water partition coefficient (Wildman–Crippen LogP) is 3.20. The second-order valence-corrected chi connectivity index (χ2v) is 5.41. The van der Waals surface area contributed by atoms with Crippen molar-refractivity contribution in [3.63, 3.8) is 0 Å². The Bertz CT molecular complexity index is 217. The molecule has 0 unspecified atom stereocenters. The first-order chi connectivity index (χ1) is 4.98. The Labute approximate surface area is 74.4 Å². The summed E-state index contributed by atoms with van der Waals surface area (Å²) in [5, 5.41) is 0. The van der Waals surface area contributed by atoms with E-state index in [0.29, 0.717) is 10.8 Å². The van der Waals surface area contributed by atoms with Gasteiger partial charge in [0.2, 0.25) is 0 Å². The maximum absolute atomic E-state index is 5.43. The highest BCUT2D eigenvalue weighted by atomic mass is 32.1. The minimum atomic E-state index is 0.396. The number of thiocarbonyl (C=S) groups is 1. The van der Waals surface area contributed by atoms with Crippen LogP contribution in [-0.2, 0) is 0 Å². The maximum atomic E-state index is 5.43. The third kappa shape index (κ3) is 0.683. The molecule has 1 heteroatoms. The van der Waals surface area contributed by atoms with Crippen LogP contribution in [0.3, 0.4) is 0 Å². The molecule has 0 N–H and O–H groups in total. The van der Waals surface area contributed by atoms with Crippen LogP contribution >= 0.6 is 12.2 Å². The monoisotopic (exact) mass is 168 g/mol. The lowest BCUT2D eigenvalue weighted by Gasteiger charge is -2.34. The quantitative estimate of drug-likeness (QED) is 0.500. The van der Waals surface area contributed by atoms with Gasteiger partial charge in [-0.15, -0.1) is 0 Å². The first kappa shape index (κ1) is 7.72. The van der Waals surface area contributed by atoms with Crippen LogP contribution in [0.1, 0.15) is 40.0 Å². The van der Waals surface area contributed by atoms with E-state index in [0.717, 1.165) is 5.92 Å². The summed E-state index contributed by atoms with van der Waals surface area (Å²) in [6.45, 7) is 7.15. The molecule has 2 bridgehead atoms. The van der Waals surface area contributed by atoms with Crippen molar-refractivity contribution in [3.8, 4) is 0 Å². The molecule has 11 heavy (non-hydrogen) atoms. The van der Waals surface area contributed by atoms with Gasteiger partial charge >= 0.3 is 0 Å². The fraction of sp³-hybridized carbons (Fsp3) is 0.900. The van der Waals surface area contributed by atoms with Gasteiger partial charge in [-0.3, -0.25) is 0 Å². The second-order valence-electron chi connectivity index (χ2n) is 4.92. The van der Waals surface area contributed by atoms with Crippen LogP contribution in [-0.4, -0.2) is 4.86 Å². The van der Waals surface area contributed by atoms with Gasteiger partial charge in [0, 0.05) is 5.41 Å². The lowest BCUT2D eigenvalue weighted by molar-refractivity contribution is 0.195. The molecule has 0 aromatic heterocycles. The van der Waals surface area contributed by atoms with Crippen molar-refractivity contribution >= 4 is 17.1 Å². The fourth-order valence-electron chi connectivity index (χ4n) is 2.90. The smallest absolute Gasteiger partial charge is 0.00424 e. The summed E-state index contributed by atoms with van der Waals surface area (Å²) < 4.78 is 0. The first-order valence-electron chi connectivity index (χ1n) is 4.52. The van der Waals surface area contributed by atoms with Crippen LogP contribution in [0.15, 0.2) is 0 Å². The van der Waals surface area contributed by atoms with Crippen molar-refractivity contribution in [2.24, 2.45) is 16.7 Å². The summed E-state index contributed by atoms with van der Waals surface area (Å²) in [7, 11) is 0. The highest BCUT2D eigenvalue weighted by Gasteiger charge is 2.58. The minimum absolute atomic E-state index is 0.396. The van der Waals surface area contributed by atoms with Crippen molar-refractivity contribution in [2.75, 3.05) is 0 Å². The van der Waals surface area contributed by atoms with Gasteiger partial charge in [0.25, 0.3) is 0 Å². The molecule has 0 spiro atoms. The van der Waals surface area contributed by atoms with Gasteiger partial charge in [-0.2, -0.15) is 0 Å². The molecule has 2 rings (SSSR count). The molecule has 0 saturated heterocycles. The van der Waals surface area contributed by atoms with E-state index in [4.69, 9.17) is 12.2 Å². The van der Waals surface area contributed by atoms with Gasteiger partial charge in [0.15, 0.2) is 0 Å². The Morgan fingerprint density at radius 2 is 2.00 bits per heavy atom. The first-order valence-corrected chi connectivity index (χ1v) is 4.92. The molecular weight excluding hydrogens is 152 g/mol. The van der Waals surface area contributed by atoms with E-state index in [1.807, 2.05) is 0 Å². The van der Waals surface area contributed by atoms with Crippen molar-refractivity contribution < 1.29 is 0 Å². The summed E-state index contributed by atoms with van der Waals surface area (Å²) in [6, 6.07) is 0. The van der Waals surface area contributed by atoms with Crippen LogP contribution < -0.4 is 0 Å². The Morgan fingerprint density at radius 1 is 1.36 bits per heavy atom. The number of hydrogen-bond donors (Lipinski definition) is 0. The normalized spacial score (nSPS) is 46.8. The van der Waals surface area contributed by atoms with E-state index in [-0.39, 0.29) is 0 Å². The second kappa shape index (κ2) is 1.87. The van der Waals surface area contributed by atoms with Gasteiger partial charge in [-0.25, -0.2) is 0 Å². The minimum Gasteiger partial charge on any atom is -0.0891 e. The summed E-state index contributed by atoms with van der Waals surface area (Å²) in [4.78, 5) is 1.35. The van der Waals surface area contributed by atoms with Crippen LogP contribution in [0.4, 0.5) is 0 Å². The summed E-state index contributed by atoms with van der Waals surface area (Å²) >= 11 is 5.43. The zero-order valence-electron chi connectivity index (χ0n) is 7.61. The molecule has 0 amide bonds. The van der Waals surface area contributed by atoms with Gasteiger partial charge in [-0.1, -0.05) is 33.0 Å². The zero-order chi connectivity index (χ0) is 8.28. The predicted molar refractivity (Wildman–Crippen MR) is 51.8 cm³/mol. The van der Waals surface area contributed by atoms with Crippen molar-refractivity contribution in [2.45, 2.75) is 40.0 Å². The molecule has 2 aliphatic carbocycles. The maximum Gasteiger partial charge on any atom is 0.00424 e. The zero-order valence-corrected chi connectivity index (χ0v) is 8.42. The fourth-order valence-corrected chi connectivity index (χ4v) is 3.47. The molecule has 2 aliphatic rings. The summed E-state index contributed by atoms with van der Waals surface area (Å²) in [6.07, 6.45) is 3.96. The Morgan fingerprint density at radius 3 is 2.18 bits per heavy atom. The highest BCUT2D eigenvalue weighted by Crippen LogP contribution is 2.63. The third-order valence-electron chi connectivity index (χ3n) is 4.48. The lowest BCUT2D eigenvalue weighted by Crippen LogP contribution is -2.31. The molecule has 62 valence electrons. The Hall–Kier alpha value is 0.0900. The largest absolute Gasteiger partial charge is 0.0891 e. The third-order valence-corrected chi connectivity index (χ3v) is 5.10. The van der Waals surface area contributed by atoms with E-state index < -0.39 is 0 Å². The van der Waals surface area contributed by atoms with Crippen LogP contribution in [0.25, 0.3) is 0 Å². The molecule has 0 aromatic carbocycles. The van der Waals surface area contributed by atoms with E-state index in [1.54, 1.807) is 0 Å². The van der Waals surface area contributed by atoms with Crippen molar-refractivity contribution in [1.29, 1.82) is 0 Å². The number of fused-ring (bicyclic) bond motifs is 2. The van der Waals surface area contributed by atoms with E-state index in [2.05, 4.69) is 20.8 Å². The van der Waals surface area contributed by atoms with Crippen LogP contribution in [0, 0.1) is 16.7 Å². The van der Waals surface area contributed by atoms with Crippen LogP contribution in [0.5, 0.6) is 0 Å². The van der Waals surface area contributed by atoms with Crippen molar-refractivity contribution in [3.05, 3.63) is 0 Å². The van der Waals surface area contributed by atoms with Gasteiger partial charge in [0.1, 0.15) is 0 Å². The van der Waals surface area contributed by atoms with Gasteiger partial charge < -0.3 is 0 Å². The topological polar surface area (TPSA) is 0 Å². The van der Waals surface area contributed by atoms with E-state index in [9.17, 15) is 0 Å². The Kier molecular flexibility index (Phi) is 1.32. The van der Waals surface area contributed by atoms with Crippen LogP contribution in [0.2, 0.25) is 0 Å². The summed E-state index contributed by atoms with van der Waals surface area (Å²) in [5.74, 6) is 0.889. The molecule has 0 radical (unpaired) electrons. The molecule has 0 aromatic rings. The van der Waals surface area contributed by atoms with Gasteiger partial charge in [0.05, 0.1) is 0 Å². The van der Waals surface area contributed by atoms with Crippen molar-refractivity contribution in [1.82, 2.24) is 0 Å². The molecular formula is C10H16S. The van der Waals surface area contributed by atoms with E-state index in [1.165, 1.54) is 24.1 Å². The molecule has 0 aliphatic heterocycles. The molecule has 2 saturated carbocycles.